The number of hydrogen-bond donors (Lipinski definition) is 2. The van der Waals surface area contributed by atoms with Crippen LogP contribution in [0.2, 0.25) is 0 Å². The zero-order valence-electron chi connectivity index (χ0n) is 11.3. The van der Waals surface area contributed by atoms with Crippen LogP contribution < -0.4 is 10.1 Å². The van der Waals surface area contributed by atoms with Gasteiger partial charge in [0.25, 0.3) is 0 Å². The Kier molecular flexibility index (Phi) is 3.46. The fraction of sp³-hybridized carbons (Fsp3) is 0.143. The third-order valence-corrected chi connectivity index (χ3v) is 2.82. The van der Waals surface area contributed by atoms with Gasteiger partial charge in [0.1, 0.15) is 18.1 Å². The second-order valence-electron chi connectivity index (χ2n) is 4.25. The molecule has 7 nitrogen and oxygen atoms in total. The number of benzene rings is 1. The van der Waals surface area contributed by atoms with Crippen molar-refractivity contribution in [1.82, 2.24) is 9.97 Å². The van der Waals surface area contributed by atoms with E-state index < -0.39 is 6.09 Å². The Hall–Kier alpha value is -2.96. The van der Waals surface area contributed by atoms with E-state index in [0.29, 0.717) is 23.8 Å². The summed E-state index contributed by atoms with van der Waals surface area (Å²) in [4.78, 5) is 18.3. The van der Waals surface area contributed by atoms with Crippen LogP contribution in [0.5, 0.6) is 5.75 Å². The first kappa shape index (κ1) is 13.0. The van der Waals surface area contributed by atoms with Crippen LogP contribution in [-0.2, 0) is 11.3 Å². The molecule has 0 saturated carbocycles. The minimum Gasteiger partial charge on any atom is -0.486 e. The Labute approximate surface area is 119 Å². The second kappa shape index (κ2) is 5.58. The van der Waals surface area contributed by atoms with Gasteiger partial charge in [0.15, 0.2) is 0 Å². The van der Waals surface area contributed by atoms with E-state index in [4.69, 9.17) is 9.15 Å². The fourth-order valence-electron chi connectivity index (χ4n) is 1.83. The molecule has 3 rings (SSSR count). The van der Waals surface area contributed by atoms with Crippen LogP contribution in [0.25, 0.3) is 11.0 Å². The highest BCUT2D eigenvalue weighted by atomic mass is 16.5. The normalized spacial score (nSPS) is 10.5. The molecule has 1 amide bonds. The highest BCUT2D eigenvalue weighted by molar-refractivity contribution is 5.86. The molecular weight excluding hydrogens is 274 g/mol. The van der Waals surface area contributed by atoms with Crippen molar-refractivity contribution in [2.45, 2.75) is 6.61 Å². The summed E-state index contributed by atoms with van der Waals surface area (Å²) in [6.45, 7) is 0.343. The van der Waals surface area contributed by atoms with Crippen molar-refractivity contribution >= 4 is 23.1 Å². The number of rotatable bonds is 4. The maximum Gasteiger partial charge on any atom is 0.413 e. The summed E-state index contributed by atoms with van der Waals surface area (Å²) in [5.74, 6) is 1.72. The number of anilines is 1. The Morgan fingerprint density at radius 3 is 3.10 bits per heavy atom. The van der Waals surface area contributed by atoms with Gasteiger partial charge >= 0.3 is 6.09 Å². The highest BCUT2D eigenvalue weighted by Gasteiger charge is 2.07. The number of aromatic nitrogens is 2. The first-order valence-electron chi connectivity index (χ1n) is 6.24. The summed E-state index contributed by atoms with van der Waals surface area (Å²) in [5, 5.41) is 2.47. The zero-order chi connectivity index (χ0) is 14.7. The topological polar surface area (TPSA) is 89.4 Å². The van der Waals surface area contributed by atoms with E-state index in [2.05, 4.69) is 20.0 Å². The number of carbonyl (C=O) groups is 1. The highest BCUT2D eigenvalue weighted by Crippen LogP contribution is 2.21. The van der Waals surface area contributed by atoms with E-state index >= 15 is 0 Å². The SMILES string of the molecule is COC(=O)Nc1nc2cc(OCc3ccco3)ccc2[nH]1. The van der Waals surface area contributed by atoms with Crippen molar-refractivity contribution in [3.8, 4) is 5.75 Å². The van der Waals surface area contributed by atoms with Gasteiger partial charge in [-0.2, -0.15) is 0 Å². The van der Waals surface area contributed by atoms with Gasteiger partial charge in [-0.1, -0.05) is 0 Å². The quantitative estimate of drug-likeness (QED) is 0.770. The standard InChI is InChI=1S/C14H13N3O4/c1-19-14(18)17-13-15-11-5-4-9(7-12(11)16-13)21-8-10-3-2-6-20-10/h2-7H,8H2,1H3,(H2,15,16,17,18). The van der Waals surface area contributed by atoms with Crippen molar-refractivity contribution in [3.05, 3.63) is 42.4 Å². The molecule has 21 heavy (non-hydrogen) atoms. The summed E-state index contributed by atoms with van der Waals surface area (Å²) >= 11 is 0. The number of amides is 1. The van der Waals surface area contributed by atoms with E-state index in [-0.39, 0.29) is 0 Å². The van der Waals surface area contributed by atoms with Gasteiger partial charge in [0.05, 0.1) is 24.4 Å². The molecule has 0 fully saturated rings. The Morgan fingerprint density at radius 2 is 2.33 bits per heavy atom. The van der Waals surface area contributed by atoms with Gasteiger partial charge in [-0.15, -0.1) is 0 Å². The van der Waals surface area contributed by atoms with Gasteiger partial charge in [-0.05, 0) is 24.3 Å². The summed E-state index contributed by atoms with van der Waals surface area (Å²) in [5.41, 5.74) is 1.46. The molecule has 0 saturated heterocycles. The number of hydrogen-bond acceptors (Lipinski definition) is 5. The number of aromatic amines is 1. The lowest BCUT2D eigenvalue weighted by Gasteiger charge is -2.03. The minimum absolute atomic E-state index is 0.319. The molecule has 0 aliphatic heterocycles. The number of furan rings is 1. The molecule has 0 spiro atoms. The Bertz CT molecular complexity index is 749. The summed E-state index contributed by atoms with van der Waals surface area (Å²) in [6, 6.07) is 9.05. The van der Waals surface area contributed by atoms with Gasteiger partial charge in [-0.25, -0.2) is 9.78 Å². The van der Waals surface area contributed by atoms with Crippen molar-refractivity contribution < 1.29 is 18.7 Å². The van der Waals surface area contributed by atoms with E-state index in [9.17, 15) is 4.79 Å². The number of nitrogens with zero attached hydrogens (tertiary/aromatic N) is 1. The number of methoxy groups -OCH3 is 1. The molecule has 0 aliphatic rings. The first-order chi connectivity index (χ1) is 10.2. The molecule has 0 bridgehead atoms. The molecule has 0 aliphatic carbocycles. The fourth-order valence-corrected chi connectivity index (χ4v) is 1.83. The Balaban J connectivity index is 1.74. The number of carbonyl (C=O) groups excluding carboxylic acids is 1. The summed E-state index contributed by atoms with van der Waals surface area (Å²) in [6.07, 6.45) is 1.02. The van der Waals surface area contributed by atoms with E-state index in [0.717, 1.165) is 11.3 Å². The van der Waals surface area contributed by atoms with Crippen LogP contribution >= 0.6 is 0 Å². The van der Waals surface area contributed by atoms with Crippen molar-refractivity contribution in [2.75, 3.05) is 12.4 Å². The van der Waals surface area contributed by atoms with E-state index in [1.807, 2.05) is 18.2 Å². The van der Waals surface area contributed by atoms with Crippen LogP contribution in [-0.4, -0.2) is 23.2 Å². The molecule has 3 aromatic rings. The molecule has 108 valence electrons. The average molecular weight is 287 g/mol. The second-order valence-corrected chi connectivity index (χ2v) is 4.25. The number of fused-ring (bicyclic) bond motifs is 1. The molecule has 2 heterocycles. The third kappa shape index (κ3) is 2.97. The number of imidazole rings is 1. The maximum absolute atomic E-state index is 11.1. The van der Waals surface area contributed by atoms with Gasteiger partial charge < -0.3 is 18.9 Å². The largest absolute Gasteiger partial charge is 0.486 e. The first-order valence-corrected chi connectivity index (χ1v) is 6.24. The molecular formula is C14H13N3O4. The number of nitrogens with one attached hydrogen (secondary N) is 2. The zero-order valence-corrected chi connectivity index (χ0v) is 11.3. The molecule has 0 atom stereocenters. The molecule has 2 N–H and O–H groups in total. The predicted octanol–water partition coefficient (Wildman–Crippen LogP) is 2.91. The van der Waals surface area contributed by atoms with Crippen LogP contribution in [0.15, 0.2) is 41.0 Å². The van der Waals surface area contributed by atoms with Crippen molar-refractivity contribution in [1.29, 1.82) is 0 Å². The number of ether oxygens (including phenoxy) is 2. The minimum atomic E-state index is -0.580. The van der Waals surface area contributed by atoms with E-state index in [1.54, 1.807) is 18.4 Å². The molecule has 2 aromatic heterocycles. The van der Waals surface area contributed by atoms with Gasteiger partial charge in [0, 0.05) is 6.07 Å². The molecule has 1 aromatic carbocycles. The summed E-state index contributed by atoms with van der Waals surface area (Å²) in [7, 11) is 1.29. The lowest BCUT2D eigenvalue weighted by Crippen LogP contribution is -2.11. The van der Waals surface area contributed by atoms with Crippen LogP contribution in [0, 0.1) is 0 Å². The number of H-pyrrole nitrogens is 1. The van der Waals surface area contributed by atoms with Gasteiger partial charge in [-0.3, -0.25) is 5.32 Å². The average Bonchev–Trinajstić information content (AvgIpc) is 3.13. The van der Waals surface area contributed by atoms with Crippen LogP contribution in [0.1, 0.15) is 5.76 Å². The van der Waals surface area contributed by atoms with Crippen LogP contribution in [0.4, 0.5) is 10.7 Å². The molecule has 0 unspecified atom stereocenters. The maximum atomic E-state index is 11.1. The van der Waals surface area contributed by atoms with Crippen molar-refractivity contribution in [2.24, 2.45) is 0 Å². The summed E-state index contributed by atoms with van der Waals surface area (Å²) < 4.78 is 15.3. The molecule has 0 radical (unpaired) electrons. The van der Waals surface area contributed by atoms with Crippen molar-refractivity contribution in [3.63, 3.8) is 0 Å². The lowest BCUT2D eigenvalue weighted by molar-refractivity contribution is 0.186. The monoisotopic (exact) mass is 287 g/mol. The third-order valence-electron chi connectivity index (χ3n) is 2.82. The lowest BCUT2D eigenvalue weighted by atomic mass is 10.3. The van der Waals surface area contributed by atoms with E-state index in [1.165, 1.54) is 7.11 Å². The Morgan fingerprint density at radius 1 is 1.43 bits per heavy atom. The molecule has 7 heteroatoms. The predicted molar refractivity (Wildman–Crippen MR) is 75.2 cm³/mol. The van der Waals surface area contributed by atoms with Gasteiger partial charge in [0.2, 0.25) is 5.95 Å². The smallest absolute Gasteiger partial charge is 0.413 e. The van der Waals surface area contributed by atoms with Crippen LogP contribution in [0.3, 0.4) is 0 Å².